The maximum Gasteiger partial charge on any atom is 0.159 e. The van der Waals surface area contributed by atoms with Crippen LogP contribution in [0.2, 0.25) is 0 Å². The number of Topliss-reactive ketones (excluding diaryl/α,β-unsaturated/α-hetero) is 1. The average molecular weight is 239 g/mol. The van der Waals surface area contributed by atoms with E-state index in [4.69, 9.17) is 0 Å². The van der Waals surface area contributed by atoms with Crippen molar-refractivity contribution in [1.29, 1.82) is 0 Å². The van der Waals surface area contributed by atoms with Crippen LogP contribution in [0.25, 0.3) is 0 Å². The molecule has 4 heteroatoms. The number of carbonyl (C=O) groups is 1. The first-order valence-electron chi connectivity index (χ1n) is 5.78. The SMILES string of the molecule is CC1NCCC1C(=O)Cc1ccc(F)c(F)c1. The van der Waals surface area contributed by atoms with Gasteiger partial charge in [0.05, 0.1) is 0 Å². The molecule has 1 aromatic rings. The third kappa shape index (κ3) is 2.69. The zero-order valence-corrected chi connectivity index (χ0v) is 9.67. The van der Waals surface area contributed by atoms with Gasteiger partial charge in [0.1, 0.15) is 5.78 Å². The Kier molecular flexibility index (Phi) is 3.52. The van der Waals surface area contributed by atoms with E-state index < -0.39 is 11.6 Å². The molecular formula is C13H15F2NO. The lowest BCUT2D eigenvalue weighted by molar-refractivity contribution is -0.122. The fraction of sp³-hybridized carbons (Fsp3) is 0.462. The molecule has 2 atom stereocenters. The van der Waals surface area contributed by atoms with E-state index in [0.29, 0.717) is 5.56 Å². The van der Waals surface area contributed by atoms with Gasteiger partial charge in [-0.2, -0.15) is 0 Å². The quantitative estimate of drug-likeness (QED) is 0.875. The summed E-state index contributed by atoms with van der Waals surface area (Å²) in [5.41, 5.74) is 0.535. The van der Waals surface area contributed by atoms with Crippen molar-refractivity contribution in [1.82, 2.24) is 5.32 Å². The number of rotatable bonds is 3. The Morgan fingerprint density at radius 2 is 2.18 bits per heavy atom. The van der Waals surface area contributed by atoms with Gasteiger partial charge in [0, 0.05) is 18.4 Å². The monoisotopic (exact) mass is 239 g/mol. The Hall–Kier alpha value is -1.29. The Morgan fingerprint density at radius 1 is 1.41 bits per heavy atom. The van der Waals surface area contributed by atoms with Gasteiger partial charge < -0.3 is 5.32 Å². The number of carbonyl (C=O) groups excluding carboxylic acids is 1. The van der Waals surface area contributed by atoms with Crippen molar-refractivity contribution in [3.05, 3.63) is 35.4 Å². The Morgan fingerprint density at radius 3 is 2.76 bits per heavy atom. The molecule has 0 amide bonds. The van der Waals surface area contributed by atoms with E-state index in [2.05, 4.69) is 5.32 Å². The van der Waals surface area contributed by atoms with Crippen LogP contribution in [0.4, 0.5) is 8.78 Å². The lowest BCUT2D eigenvalue weighted by Crippen LogP contribution is -2.29. The molecule has 1 saturated heterocycles. The molecular weight excluding hydrogens is 224 g/mol. The Labute approximate surface area is 99.0 Å². The van der Waals surface area contributed by atoms with Gasteiger partial charge >= 0.3 is 0 Å². The number of hydrogen-bond donors (Lipinski definition) is 1. The summed E-state index contributed by atoms with van der Waals surface area (Å²) in [4.78, 5) is 12.0. The van der Waals surface area contributed by atoms with Crippen LogP contribution in [0.5, 0.6) is 0 Å². The third-order valence-electron chi connectivity index (χ3n) is 3.30. The van der Waals surface area contributed by atoms with Crippen LogP contribution in [-0.4, -0.2) is 18.4 Å². The lowest BCUT2D eigenvalue weighted by Gasteiger charge is -2.13. The van der Waals surface area contributed by atoms with Crippen molar-refractivity contribution >= 4 is 5.78 Å². The minimum atomic E-state index is -0.895. The molecule has 17 heavy (non-hydrogen) atoms. The number of benzene rings is 1. The molecule has 1 heterocycles. The van der Waals surface area contributed by atoms with Gasteiger partial charge in [-0.05, 0) is 37.6 Å². The van der Waals surface area contributed by atoms with E-state index in [1.54, 1.807) is 0 Å². The summed E-state index contributed by atoms with van der Waals surface area (Å²) in [5.74, 6) is -1.69. The Balaban J connectivity index is 2.05. The highest BCUT2D eigenvalue weighted by molar-refractivity contribution is 5.84. The number of halogens is 2. The summed E-state index contributed by atoms with van der Waals surface area (Å²) >= 11 is 0. The second-order valence-electron chi connectivity index (χ2n) is 4.53. The molecule has 1 aliphatic rings. The van der Waals surface area contributed by atoms with Gasteiger partial charge in [-0.25, -0.2) is 8.78 Å². The fourth-order valence-corrected chi connectivity index (χ4v) is 2.28. The van der Waals surface area contributed by atoms with E-state index in [9.17, 15) is 13.6 Å². The smallest absolute Gasteiger partial charge is 0.159 e. The summed E-state index contributed by atoms with van der Waals surface area (Å²) < 4.78 is 25.7. The van der Waals surface area contributed by atoms with E-state index in [1.807, 2.05) is 6.92 Å². The summed E-state index contributed by atoms with van der Waals surface area (Å²) in [6.45, 7) is 2.82. The van der Waals surface area contributed by atoms with Gasteiger partial charge in [-0.3, -0.25) is 4.79 Å². The van der Waals surface area contributed by atoms with Crippen LogP contribution in [0.1, 0.15) is 18.9 Å². The zero-order valence-electron chi connectivity index (χ0n) is 9.67. The molecule has 2 unspecified atom stereocenters. The van der Waals surface area contributed by atoms with E-state index >= 15 is 0 Å². The first kappa shape index (κ1) is 12.2. The van der Waals surface area contributed by atoms with Crippen molar-refractivity contribution in [2.45, 2.75) is 25.8 Å². The predicted octanol–water partition coefficient (Wildman–Crippen LogP) is 2.07. The molecule has 2 nitrogen and oxygen atoms in total. The van der Waals surface area contributed by atoms with Crippen LogP contribution in [-0.2, 0) is 11.2 Å². The molecule has 0 aromatic heterocycles. The van der Waals surface area contributed by atoms with E-state index in [0.717, 1.165) is 25.1 Å². The number of hydrogen-bond acceptors (Lipinski definition) is 2. The largest absolute Gasteiger partial charge is 0.314 e. The summed E-state index contributed by atoms with van der Waals surface area (Å²) in [7, 11) is 0. The normalized spacial score (nSPS) is 23.9. The number of ketones is 1. The molecule has 1 fully saturated rings. The molecule has 2 rings (SSSR count). The van der Waals surface area contributed by atoms with E-state index in [1.165, 1.54) is 6.07 Å². The lowest BCUT2D eigenvalue weighted by atomic mass is 9.92. The molecule has 1 N–H and O–H groups in total. The molecule has 0 radical (unpaired) electrons. The van der Waals surface area contributed by atoms with Crippen LogP contribution in [0.3, 0.4) is 0 Å². The first-order valence-corrected chi connectivity index (χ1v) is 5.78. The minimum absolute atomic E-state index is 0.0110. The molecule has 92 valence electrons. The van der Waals surface area contributed by atoms with Crippen molar-refractivity contribution in [3.63, 3.8) is 0 Å². The highest BCUT2D eigenvalue weighted by Gasteiger charge is 2.28. The summed E-state index contributed by atoms with van der Waals surface area (Å²) in [6.07, 6.45) is 0.998. The van der Waals surface area contributed by atoms with E-state index in [-0.39, 0.29) is 24.2 Å². The summed E-state index contributed by atoms with van der Waals surface area (Å²) in [6, 6.07) is 3.80. The molecule has 1 aliphatic heterocycles. The molecule has 1 aromatic carbocycles. The topological polar surface area (TPSA) is 29.1 Å². The predicted molar refractivity (Wildman–Crippen MR) is 60.6 cm³/mol. The first-order chi connectivity index (χ1) is 8.08. The van der Waals surface area contributed by atoms with Gasteiger partial charge in [0.15, 0.2) is 11.6 Å². The van der Waals surface area contributed by atoms with Crippen LogP contribution >= 0.6 is 0 Å². The van der Waals surface area contributed by atoms with Crippen LogP contribution in [0.15, 0.2) is 18.2 Å². The molecule has 0 saturated carbocycles. The Bertz CT molecular complexity index is 433. The second-order valence-corrected chi connectivity index (χ2v) is 4.53. The van der Waals surface area contributed by atoms with Gasteiger partial charge in [-0.15, -0.1) is 0 Å². The van der Waals surface area contributed by atoms with Gasteiger partial charge in [0.25, 0.3) is 0 Å². The summed E-state index contributed by atoms with van der Waals surface area (Å²) in [5, 5.41) is 3.20. The fourth-order valence-electron chi connectivity index (χ4n) is 2.28. The highest BCUT2D eigenvalue weighted by Crippen LogP contribution is 2.19. The number of nitrogens with one attached hydrogen (secondary N) is 1. The van der Waals surface area contributed by atoms with Crippen LogP contribution in [0, 0.1) is 17.6 Å². The van der Waals surface area contributed by atoms with Crippen molar-refractivity contribution in [2.75, 3.05) is 6.54 Å². The molecule has 0 aliphatic carbocycles. The zero-order chi connectivity index (χ0) is 12.4. The second kappa shape index (κ2) is 4.92. The average Bonchev–Trinajstić information content (AvgIpc) is 2.70. The standard InChI is InChI=1S/C13H15F2NO/c1-8-10(4-5-16-8)13(17)7-9-2-3-11(14)12(15)6-9/h2-3,6,8,10,16H,4-5,7H2,1H3. The molecule has 0 bridgehead atoms. The van der Waals surface area contributed by atoms with Crippen LogP contribution < -0.4 is 5.32 Å². The maximum atomic E-state index is 13.0. The van der Waals surface area contributed by atoms with Gasteiger partial charge in [0.2, 0.25) is 0 Å². The maximum absolute atomic E-state index is 13.0. The third-order valence-corrected chi connectivity index (χ3v) is 3.30. The van der Waals surface area contributed by atoms with Gasteiger partial charge in [-0.1, -0.05) is 6.07 Å². The highest BCUT2D eigenvalue weighted by atomic mass is 19.2. The van der Waals surface area contributed by atoms with Crippen molar-refractivity contribution in [2.24, 2.45) is 5.92 Å². The van der Waals surface area contributed by atoms with Crippen molar-refractivity contribution in [3.8, 4) is 0 Å². The molecule has 0 spiro atoms. The minimum Gasteiger partial charge on any atom is -0.314 e. The van der Waals surface area contributed by atoms with Crippen molar-refractivity contribution < 1.29 is 13.6 Å².